The lowest BCUT2D eigenvalue weighted by Gasteiger charge is -2.18. The van der Waals surface area contributed by atoms with Gasteiger partial charge in [0.1, 0.15) is 12.0 Å². The number of hydrogen-bond acceptors (Lipinski definition) is 5. The van der Waals surface area contributed by atoms with E-state index in [9.17, 15) is 4.79 Å². The van der Waals surface area contributed by atoms with E-state index in [0.717, 1.165) is 24.4 Å². The van der Waals surface area contributed by atoms with Gasteiger partial charge in [-0.15, -0.1) is 0 Å². The summed E-state index contributed by atoms with van der Waals surface area (Å²) in [5, 5.41) is 8.85. The molecule has 0 fully saturated rings. The van der Waals surface area contributed by atoms with Gasteiger partial charge in [0, 0.05) is 6.54 Å². The summed E-state index contributed by atoms with van der Waals surface area (Å²) in [6, 6.07) is 7.93. The molecule has 22 heavy (non-hydrogen) atoms. The van der Waals surface area contributed by atoms with Crippen molar-refractivity contribution in [2.45, 2.75) is 26.9 Å². The number of aromatic carboxylic acids is 1. The highest BCUT2D eigenvalue weighted by molar-refractivity contribution is 5.84. The minimum absolute atomic E-state index is 0.0629. The molecule has 0 aliphatic heterocycles. The normalized spacial score (nSPS) is 10.9. The fraction of sp³-hybridized carbons (Fsp3) is 0.375. The van der Waals surface area contributed by atoms with E-state index in [4.69, 9.17) is 14.3 Å². The molecule has 1 N–H and O–H groups in total. The summed E-state index contributed by atoms with van der Waals surface area (Å²) >= 11 is 0. The second-order valence-corrected chi connectivity index (χ2v) is 4.81. The Kier molecular flexibility index (Phi) is 5.55. The Labute approximate surface area is 129 Å². The van der Waals surface area contributed by atoms with Crippen molar-refractivity contribution < 1.29 is 19.1 Å². The summed E-state index contributed by atoms with van der Waals surface area (Å²) < 4.78 is 10.6. The highest BCUT2D eigenvalue weighted by atomic mass is 16.5. The SMILES string of the molecule is CCOc1ccc(CN(CC)Cc2nc(C(=O)O)co2)cc1. The Balaban J connectivity index is 1.97. The van der Waals surface area contributed by atoms with Crippen LogP contribution in [0.2, 0.25) is 0 Å². The quantitative estimate of drug-likeness (QED) is 0.808. The van der Waals surface area contributed by atoms with Crippen LogP contribution >= 0.6 is 0 Å². The van der Waals surface area contributed by atoms with E-state index in [0.29, 0.717) is 19.0 Å². The Hall–Kier alpha value is -2.34. The van der Waals surface area contributed by atoms with Crippen LogP contribution in [0.25, 0.3) is 0 Å². The topological polar surface area (TPSA) is 75.8 Å². The lowest BCUT2D eigenvalue weighted by atomic mass is 10.2. The fourth-order valence-electron chi connectivity index (χ4n) is 2.07. The van der Waals surface area contributed by atoms with E-state index >= 15 is 0 Å². The first-order valence-electron chi connectivity index (χ1n) is 7.24. The number of hydrogen-bond donors (Lipinski definition) is 1. The highest BCUT2D eigenvalue weighted by Gasteiger charge is 2.13. The standard InChI is InChI=1S/C16H20N2O4/c1-3-18(10-15-17-14(11-22-15)16(19)20)9-12-5-7-13(8-6-12)21-4-2/h5-8,11H,3-4,9-10H2,1-2H3,(H,19,20). The van der Waals surface area contributed by atoms with Gasteiger partial charge in [-0.3, -0.25) is 4.90 Å². The van der Waals surface area contributed by atoms with E-state index in [-0.39, 0.29) is 5.69 Å². The molecular formula is C16H20N2O4. The van der Waals surface area contributed by atoms with Gasteiger partial charge in [-0.05, 0) is 31.2 Å². The Morgan fingerprint density at radius 2 is 2.00 bits per heavy atom. The van der Waals surface area contributed by atoms with Crippen LogP contribution in [0.3, 0.4) is 0 Å². The van der Waals surface area contributed by atoms with Gasteiger partial charge in [0.2, 0.25) is 5.89 Å². The van der Waals surface area contributed by atoms with Gasteiger partial charge in [0.05, 0.1) is 13.2 Å². The average molecular weight is 304 g/mol. The summed E-state index contributed by atoms with van der Waals surface area (Å²) in [4.78, 5) is 16.9. The number of carbonyl (C=O) groups is 1. The summed E-state index contributed by atoms with van der Waals surface area (Å²) in [7, 11) is 0. The van der Waals surface area contributed by atoms with Crippen LogP contribution in [-0.4, -0.2) is 34.1 Å². The molecular weight excluding hydrogens is 284 g/mol. The molecule has 1 heterocycles. The van der Waals surface area contributed by atoms with Crippen molar-refractivity contribution in [1.29, 1.82) is 0 Å². The number of benzene rings is 1. The summed E-state index contributed by atoms with van der Waals surface area (Å²) in [5.41, 5.74) is 1.09. The Morgan fingerprint density at radius 1 is 1.27 bits per heavy atom. The molecule has 6 heteroatoms. The van der Waals surface area contributed by atoms with Gasteiger partial charge in [-0.2, -0.15) is 0 Å². The largest absolute Gasteiger partial charge is 0.494 e. The number of rotatable bonds is 8. The molecule has 0 unspecified atom stereocenters. The van der Waals surface area contributed by atoms with Crippen molar-refractivity contribution in [3.63, 3.8) is 0 Å². The lowest BCUT2D eigenvalue weighted by molar-refractivity contribution is 0.0690. The van der Waals surface area contributed by atoms with E-state index in [1.807, 2.05) is 38.1 Å². The zero-order valence-electron chi connectivity index (χ0n) is 12.8. The van der Waals surface area contributed by atoms with E-state index < -0.39 is 5.97 Å². The minimum Gasteiger partial charge on any atom is -0.494 e. The first-order valence-corrected chi connectivity index (χ1v) is 7.24. The van der Waals surface area contributed by atoms with Crippen molar-refractivity contribution in [2.75, 3.05) is 13.2 Å². The van der Waals surface area contributed by atoms with Gasteiger partial charge in [-0.25, -0.2) is 9.78 Å². The first kappa shape index (κ1) is 16.0. The molecule has 0 saturated carbocycles. The van der Waals surface area contributed by atoms with Crippen LogP contribution in [0.4, 0.5) is 0 Å². The molecule has 0 aliphatic rings. The van der Waals surface area contributed by atoms with E-state index in [1.165, 1.54) is 6.26 Å². The van der Waals surface area contributed by atoms with Gasteiger partial charge >= 0.3 is 5.97 Å². The maximum atomic E-state index is 10.8. The van der Waals surface area contributed by atoms with Crippen LogP contribution in [0.1, 0.15) is 35.8 Å². The van der Waals surface area contributed by atoms with E-state index in [2.05, 4.69) is 9.88 Å². The number of oxazole rings is 1. The zero-order chi connectivity index (χ0) is 15.9. The molecule has 6 nitrogen and oxygen atoms in total. The van der Waals surface area contributed by atoms with E-state index in [1.54, 1.807) is 0 Å². The van der Waals surface area contributed by atoms with Gasteiger partial charge in [0.15, 0.2) is 5.69 Å². The van der Waals surface area contributed by atoms with Crippen LogP contribution in [0.5, 0.6) is 5.75 Å². The molecule has 0 spiro atoms. The second kappa shape index (κ2) is 7.61. The van der Waals surface area contributed by atoms with Crippen LogP contribution in [0, 0.1) is 0 Å². The molecule has 0 aliphatic carbocycles. The minimum atomic E-state index is -1.08. The molecule has 0 bridgehead atoms. The van der Waals surface area contributed by atoms with Crippen molar-refractivity contribution in [2.24, 2.45) is 0 Å². The zero-order valence-corrected chi connectivity index (χ0v) is 12.8. The van der Waals surface area contributed by atoms with Crippen LogP contribution in [-0.2, 0) is 13.1 Å². The predicted octanol–water partition coefficient (Wildman–Crippen LogP) is 2.79. The predicted molar refractivity (Wildman–Crippen MR) is 80.9 cm³/mol. The molecule has 118 valence electrons. The number of carboxylic acids is 1. The number of aromatic nitrogens is 1. The molecule has 0 radical (unpaired) electrons. The monoisotopic (exact) mass is 304 g/mol. The molecule has 1 aromatic heterocycles. The maximum Gasteiger partial charge on any atom is 0.357 e. The van der Waals surface area contributed by atoms with Crippen molar-refractivity contribution >= 4 is 5.97 Å². The molecule has 0 amide bonds. The highest BCUT2D eigenvalue weighted by Crippen LogP contribution is 2.15. The number of carboxylic acid groups (broad SMARTS) is 1. The maximum absolute atomic E-state index is 10.8. The lowest BCUT2D eigenvalue weighted by Crippen LogP contribution is -2.22. The number of nitrogens with zero attached hydrogens (tertiary/aromatic N) is 2. The van der Waals surface area contributed by atoms with Gasteiger partial charge in [-0.1, -0.05) is 19.1 Å². The van der Waals surface area contributed by atoms with Crippen molar-refractivity contribution in [3.8, 4) is 5.75 Å². The summed E-state index contributed by atoms with van der Waals surface area (Å²) in [6.45, 7) is 6.64. The Bertz CT molecular complexity index is 607. The summed E-state index contributed by atoms with van der Waals surface area (Å²) in [6.07, 6.45) is 1.17. The van der Waals surface area contributed by atoms with Crippen molar-refractivity contribution in [3.05, 3.63) is 47.7 Å². The Morgan fingerprint density at radius 3 is 2.55 bits per heavy atom. The van der Waals surface area contributed by atoms with Crippen LogP contribution in [0.15, 0.2) is 34.9 Å². The fourth-order valence-corrected chi connectivity index (χ4v) is 2.07. The smallest absolute Gasteiger partial charge is 0.357 e. The molecule has 0 atom stereocenters. The van der Waals surface area contributed by atoms with Gasteiger partial charge < -0.3 is 14.3 Å². The molecule has 2 aromatic rings. The second-order valence-electron chi connectivity index (χ2n) is 4.81. The third-order valence-corrected chi connectivity index (χ3v) is 3.22. The molecule has 0 saturated heterocycles. The molecule has 2 rings (SSSR count). The first-order chi connectivity index (χ1) is 10.6. The third kappa shape index (κ3) is 4.33. The number of ether oxygens (including phenoxy) is 1. The molecule has 1 aromatic carbocycles. The van der Waals surface area contributed by atoms with Gasteiger partial charge in [0.25, 0.3) is 0 Å². The third-order valence-electron chi connectivity index (χ3n) is 3.22. The summed E-state index contributed by atoms with van der Waals surface area (Å²) in [5.74, 6) is 0.183. The average Bonchev–Trinajstić information content (AvgIpc) is 2.97. The van der Waals surface area contributed by atoms with Crippen molar-refractivity contribution in [1.82, 2.24) is 9.88 Å². The van der Waals surface area contributed by atoms with Crippen LogP contribution < -0.4 is 4.74 Å².